The van der Waals surface area contributed by atoms with Gasteiger partial charge in [0.05, 0.1) is 12.8 Å². The van der Waals surface area contributed by atoms with E-state index in [1.165, 1.54) is 13.5 Å². The van der Waals surface area contributed by atoms with Gasteiger partial charge in [0, 0.05) is 5.54 Å². The molecule has 0 saturated heterocycles. The fourth-order valence-corrected chi connectivity index (χ4v) is 3.03. The highest BCUT2D eigenvalue weighted by Gasteiger charge is 2.31. The summed E-state index contributed by atoms with van der Waals surface area (Å²) >= 11 is 0. The van der Waals surface area contributed by atoms with E-state index < -0.39 is 17.2 Å². The lowest BCUT2D eigenvalue weighted by atomic mass is 9.77. The topological polar surface area (TPSA) is 93.8 Å². The lowest BCUT2D eigenvalue weighted by molar-refractivity contribution is 0.0635. The number of nitrogens with two attached hydrogens (primary N) is 1. The molecule has 4 N–H and O–H groups in total. The van der Waals surface area contributed by atoms with Gasteiger partial charge in [0.1, 0.15) is 5.60 Å². The van der Waals surface area contributed by atoms with E-state index in [4.69, 9.17) is 15.2 Å². The number of hydrogen-bond acceptors (Lipinski definition) is 5. The number of phenolic OH excluding ortho intramolecular Hbond substituents is 1. The van der Waals surface area contributed by atoms with E-state index in [1.54, 1.807) is 32.9 Å². The molecule has 0 radical (unpaired) electrons. The largest absolute Gasteiger partial charge is 0.503 e. The van der Waals surface area contributed by atoms with Gasteiger partial charge in [0.25, 0.3) is 0 Å². The van der Waals surface area contributed by atoms with Crippen LogP contribution in [-0.4, -0.2) is 23.9 Å². The van der Waals surface area contributed by atoms with Gasteiger partial charge in [-0.15, -0.1) is 0 Å². The number of hydrogen-bond donors (Lipinski definition) is 3. The summed E-state index contributed by atoms with van der Waals surface area (Å²) in [7, 11) is 1.47. The number of amides is 1. The zero-order chi connectivity index (χ0) is 18.0. The summed E-state index contributed by atoms with van der Waals surface area (Å²) in [6.45, 7) is 5.33. The van der Waals surface area contributed by atoms with E-state index in [0.29, 0.717) is 0 Å². The van der Waals surface area contributed by atoms with Gasteiger partial charge in [0.2, 0.25) is 0 Å². The van der Waals surface area contributed by atoms with Gasteiger partial charge in [-0.05, 0) is 51.3 Å². The number of carbonyl (C=O) groups is 1. The molecule has 6 nitrogen and oxygen atoms in total. The Kier molecular flexibility index (Phi) is 5.28. The summed E-state index contributed by atoms with van der Waals surface area (Å²) in [5.41, 5.74) is 6.57. The van der Waals surface area contributed by atoms with Crippen LogP contribution in [0.4, 0.5) is 10.5 Å². The van der Waals surface area contributed by atoms with Gasteiger partial charge < -0.3 is 20.3 Å². The number of nitrogens with one attached hydrogen (secondary N) is 1. The van der Waals surface area contributed by atoms with E-state index in [-0.39, 0.29) is 17.2 Å². The SMILES string of the molecule is COc1cc(C2(N)CCCCC2)cc(NC(=O)OC(C)(C)C)c1O. The third-order valence-electron chi connectivity index (χ3n) is 4.25. The van der Waals surface area contributed by atoms with Crippen molar-refractivity contribution in [3.63, 3.8) is 0 Å². The Morgan fingerprint density at radius 1 is 1.25 bits per heavy atom. The van der Waals surface area contributed by atoms with Gasteiger partial charge >= 0.3 is 6.09 Å². The number of methoxy groups -OCH3 is 1. The molecule has 1 aromatic rings. The molecular weight excluding hydrogens is 308 g/mol. The molecule has 1 aliphatic carbocycles. The highest BCUT2D eigenvalue weighted by atomic mass is 16.6. The van der Waals surface area contributed by atoms with Crippen molar-refractivity contribution in [2.24, 2.45) is 5.73 Å². The molecule has 2 rings (SSSR count). The summed E-state index contributed by atoms with van der Waals surface area (Å²) in [6, 6.07) is 3.47. The van der Waals surface area contributed by atoms with Crippen LogP contribution >= 0.6 is 0 Å². The number of ether oxygens (including phenoxy) is 2. The molecule has 134 valence electrons. The van der Waals surface area contributed by atoms with Gasteiger partial charge in [-0.2, -0.15) is 0 Å². The average molecular weight is 336 g/mol. The Balaban J connectivity index is 2.33. The number of benzene rings is 1. The molecule has 1 fully saturated rings. The zero-order valence-electron chi connectivity index (χ0n) is 14.9. The maximum atomic E-state index is 12.0. The molecule has 0 aromatic heterocycles. The number of carbonyl (C=O) groups excluding carboxylic acids is 1. The lowest BCUT2D eigenvalue weighted by Crippen LogP contribution is -2.38. The van der Waals surface area contributed by atoms with Gasteiger partial charge in [0.15, 0.2) is 11.5 Å². The molecule has 24 heavy (non-hydrogen) atoms. The predicted octanol–water partition coefficient (Wildman–Crippen LogP) is 3.87. The monoisotopic (exact) mass is 336 g/mol. The molecule has 0 heterocycles. The van der Waals surface area contributed by atoms with Crippen LogP contribution < -0.4 is 15.8 Å². The summed E-state index contributed by atoms with van der Waals surface area (Å²) in [4.78, 5) is 12.0. The number of rotatable bonds is 3. The standard InChI is InChI=1S/C18H28N2O4/c1-17(2,3)24-16(22)20-13-10-12(11-14(23-4)15(13)21)18(19)8-6-5-7-9-18/h10-11,21H,5-9,19H2,1-4H3,(H,20,22). The van der Waals surface area contributed by atoms with Crippen molar-refractivity contribution in [2.75, 3.05) is 12.4 Å². The van der Waals surface area contributed by atoms with Crippen LogP contribution in [0.2, 0.25) is 0 Å². The summed E-state index contributed by atoms with van der Waals surface area (Å²) < 4.78 is 10.5. The van der Waals surface area contributed by atoms with Gasteiger partial charge in [-0.25, -0.2) is 4.79 Å². The Bertz CT molecular complexity index is 602. The van der Waals surface area contributed by atoms with E-state index in [0.717, 1.165) is 31.2 Å². The van der Waals surface area contributed by atoms with Crippen LogP contribution in [0.5, 0.6) is 11.5 Å². The molecular formula is C18H28N2O4. The van der Waals surface area contributed by atoms with E-state index in [2.05, 4.69) is 5.32 Å². The first kappa shape index (κ1) is 18.4. The molecule has 1 aromatic carbocycles. The molecule has 0 aliphatic heterocycles. The third kappa shape index (κ3) is 4.32. The highest BCUT2D eigenvalue weighted by molar-refractivity contribution is 5.88. The maximum Gasteiger partial charge on any atom is 0.412 e. The highest BCUT2D eigenvalue weighted by Crippen LogP contribution is 2.42. The third-order valence-corrected chi connectivity index (χ3v) is 4.25. The molecule has 0 bridgehead atoms. The van der Waals surface area contributed by atoms with Crippen LogP contribution in [0.1, 0.15) is 58.4 Å². The van der Waals surface area contributed by atoms with E-state index in [1.807, 2.05) is 0 Å². The van der Waals surface area contributed by atoms with Gasteiger partial charge in [-0.1, -0.05) is 19.3 Å². The van der Waals surface area contributed by atoms with Crippen molar-refractivity contribution in [1.29, 1.82) is 0 Å². The van der Waals surface area contributed by atoms with Crippen molar-refractivity contribution < 1.29 is 19.4 Å². The Hall–Kier alpha value is -1.95. The van der Waals surface area contributed by atoms with Crippen LogP contribution in [0.25, 0.3) is 0 Å². The summed E-state index contributed by atoms with van der Waals surface area (Å²) in [5, 5.41) is 12.9. The van der Waals surface area contributed by atoms with E-state index >= 15 is 0 Å². The predicted molar refractivity (Wildman–Crippen MR) is 93.5 cm³/mol. The van der Waals surface area contributed by atoms with Gasteiger partial charge in [-0.3, -0.25) is 5.32 Å². The van der Waals surface area contributed by atoms with Crippen molar-refractivity contribution >= 4 is 11.8 Å². The zero-order valence-corrected chi connectivity index (χ0v) is 14.9. The quantitative estimate of drug-likeness (QED) is 0.729. The Morgan fingerprint density at radius 2 is 1.88 bits per heavy atom. The normalized spacial score (nSPS) is 17.2. The minimum Gasteiger partial charge on any atom is -0.503 e. The van der Waals surface area contributed by atoms with Crippen molar-refractivity contribution in [3.8, 4) is 11.5 Å². The number of aromatic hydroxyl groups is 1. The Morgan fingerprint density at radius 3 is 2.42 bits per heavy atom. The molecule has 6 heteroatoms. The second-order valence-electron chi connectivity index (χ2n) is 7.42. The molecule has 1 aliphatic rings. The summed E-state index contributed by atoms with van der Waals surface area (Å²) in [6.07, 6.45) is 4.41. The van der Waals surface area contributed by atoms with Crippen LogP contribution in [0.15, 0.2) is 12.1 Å². The lowest BCUT2D eigenvalue weighted by Gasteiger charge is -2.34. The summed E-state index contributed by atoms with van der Waals surface area (Å²) in [5.74, 6) is 0.153. The first-order valence-corrected chi connectivity index (χ1v) is 8.35. The van der Waals surface area contributed by atoms with Crippen LogP contribution in [-0.2, 0) is 10.3 Å². The smallest absolute Gasteiger partial charge is 0.412 e. The molecule has 0 atom stereocenters. The fraction of sp³-hybridized carbons (Fsp3) is 0.611. The van der Waals surface area contributed by atoms with Crippen molar-refractivity contribution in [1.82, 2.24) is 0 Å². The minimum atomic E-state index is -0.633. The molecule has 1 amide bonds. The first-order chi connectivity index (χ1) is 11.1. The second-order valence-corrected chi connectivity index (χ2v) is 7.42. The maximum absolute atomic E-state index is 12.0. The molecule has 0 unspecified atom stereocenters. The van der Waals surface area contributed by atoms with E-state index in [9.17, 15) is 9.90 Å². The second kappa shape index (κ2) is 6.89. The van der Waals surface area contributed by atoms with Crippen LogP contribution in [0, 0.1) is 0 Å². The van der Waals surface area contributed by atoms with Crippen LogP contribution in [0.3, 0.4) is 0 Å². The minimum absolute atomic E-state index is 0.133. The first-order valence-electron chi connectivity index (χ1n) is 8.35. The van der Waals surface area contributed by atoms with Crippen molar-refractivity contribution in [3.05, 3.63) is 17.7 Å². The van der Waals surface area contributed by atoms with Crippen molar-refractivity contribution in [2.45, 2.75) is 64.0 Å². The molecule has 1 saturated carbocycles. The molecule has 0 spiro atoms. The number of phenols is 1. The average Bonchev–Trinajstić information content (AvgIpc) is 2.48. The Labute approximate surface area is 143 Å². The fourth-order valence-electron chi connectivity index (χ4n) is 3.03. The number of anilines is 1.